The minimum absolute atomic E-state index is 0.123. The average Bonchev–Trinajstić information content (AvgIpc) is 2.85. The predicted molar refractivity (Wildman–Crippen MR) is 79.6 cm³/mol. The van der Waals surface area contributed by atoms with E-state index in [1.165, 1.54) is 0 Å². The summed E-state index contributed by atoms with van der Waals surface area (Å²) in [6, 6.07) is 5.27. The van der Waals surface area contributed by atoms with E-state index in [-0.39, 0.29) is 19.3 Å². The highest BCUT2D eigenvalue weighted by Gasteiger charge is 2.25. The maximum Gasteiger partial charge on any atom is 0.156 e. The number of β-amino-alcohol motifs (C(OH)–C–C–N with tert-alkyl or cyclic N) is 1. The van der Waals surface area contributed by atoms with Crippen molar-refractivity contribution in [3.63, 3.8) is 0 Å². The Hall–Kier alpha value is -0.520. The molecule has 2 N–H and O–H groups in total. The number of benzene rings is 1. The zero-order valence-electron chi connectivity index (χ0n) is 11.1. The van der Waals surface area contributed by atoms with Gasteiger partial charge in [0.15, 0.2) is 5.75 Å². The minimum atomic E-state index is -0.644. The van der Waals surface area contributed by atoms with Crippen molar-refractivity contribution in [2.45, 2.75) is 25.0 Å². The average molecular weight is 320 g/mol. The van der Waals surface area contributed by atoms with Gasteiger partial charge in [0, 0.05) is 12.6 Å². The molecule has 1 fully saturated rings. The number of aliphatic hydroxyl groups is 2. The van der Waals surface area contributed by atoms with E-state index >= 15 is 0 Å². The number of halogens is 2. The summed E-state index contributed by atoms with van der Waals surface area (Å²) in [5.41, 5.74) is 0. The number of likely N-dealkylation sites (tertiary alicyclic amines) is 1. The molecule has 1 aliphatic heterocycles. The van der Waals surface area contributed by atoms with Crippen molar-refractivity contribution in [3.8, 4) is 5.75 Å². The minimum Gasteiger partial charge on any atom is -0.488 e. The summed E-state index contributed by atoms with van der Waals surface area (Å²) in [6.07, 6.45) is 1.38. The van der Waals surface area contributed by atoms with Crippen molar-refractivity contribution in [1.29, 1.82) is 0 Å². The van der Waals surface area contributed by atoms with Crippen molar-refractivity contribution in [3.05, 3.63) is 28.2 Å². The van der Waals surface area contributed by atoms with Crippen LogP contribution in [0.25, 0.3) is 0 Å². The molecule has 112 valence electrons. The second-order valence-electron chi connectivity index (χ2n) is 4.99. The summed E-state index contributed by atoms with van der Waals surface area (Å²) < 4.78 is 5.51. The van der Waals surface area contributed by atoms with Gasteiger partial charge in [-0.3, -0.25) is 4.90 Å². The van der Waals surface area contributed by atoms with Gasteiger partial charge in [0.25, 0.3) is 0 Å². The molecule has 6 heteroatoms. The van der Waals surface area contributed by atoms with Crippen molar-refractivity contribution in [2.24, 2.45) is 0 Å². The molecule has 1 aromatic rings. The Kier molecular flexibility index (Phi) is 5.93. The first kappa shape index (κ1) is 15.9. The molecule has 2 rings (SSSR count). The maximum atomic E-state index is 10.0. The molecule has 4 nitrogen and oxygen atoms in total. The van der Waals surface area contributed by atoms with Gasteiger partial charge < -0.3 is 14.9 Å². The number of hydrogen-bond acceptors (Lipinski definition) is 4. The summed E-state index contributed by atoms with van der Waals surface area (Å²) in [5.74, 6) is 0.398. The summed E-state index contributed by atoms with van der Waals surface area (Å²) in [5, 5.41) is 20.1. The largest absolute Gasteiger partial charge is 0.488 e. The molecule has 1 aromatic carbocycles. The third-order valence-electron chi connectivity index (χ3n) is 3.49. The van der Waals surface area contributed by atoms with Crippen LogP contribution in [0.15, 0.2) is 18.2 Å². The summed E-state index contributed by atoms with van der Waals surface area (Å²) in [4.78, 5) is 2.09. The van der Waals surface area contributed by atoms with Gasteiger partial charge in [0.1, 0.15) is 12.7 Å². The van der Waals surface area contributed by atoms with E-state index in [4.69, 9.17) is 27.9 Å². The first-order valence-corrected chi connectivity index (χ1v) is 7.47. The molecule has 0 saturated carbocycles. The molecule has 0 bridgehead atoms. The third kappa shape index (κ3) is 3.99. The fraction of sp³-hybridized carbons (Fsp3) is 0.571. The van der Waals surface area contributed by atoms with Crippen molar-refractivity contribution in [2.75, 3.05) is 26.3 Å². The van der Waals surface area contributed by atoms with Crippen LogP contribution in [0.4, 0.5) is 0 Å². The molecular formula is C14H19Cl2NO3. The highest BCUT2D eigenvalue weighted by molar-refractivity contribution is 6.37. The monoisotopic (exact) mass is 319 g/mol. The smallest absolute Gasteiger partial charge is 0.156 e. The second-order valence-corrected chi connectivity index (χ2v) is 5.80. The van der Waals surface area contributed by atoms with Crippen LogP contribution in [0, 0.1) is 0 Å². The molecule has 0 radical (unpaired) electrons. The fourth-order valence-corrected chi connectivity index (χ4v) is 2.97. The van der Waals surface area contributed by atoms with Gasteiger partial charge >= 0.3 is 0 Å². The maximum absolute atomic E-state index is 10.0. The molecule has 0 spiro atoms. The highest BCUT2D eigenvalue weighted by Crippen LogP contribution is 2.32. The molecule has 2 atom stereocenters. The predicted octanol–water partition coefficient (Wildman–Crippen LogP) is 2.19. The molecule has 20 heavy (non-hydrogen) atoms. The number of nitrogens with zero attached hydrogens (tertiary/aromatic N) is 1. The van der Waals surface area contributed by atoms with E-state index in [9.17, 15) is 10.2 Å². The molecule has 0 aromatic heterocycles. The normalized spacial score (nSPS) is 21.1. The van der Waals surface area contributed by atoms with Gasteiger partial charge in [0.05, 0.1) is 16.7 Å². The van der Waals surface area contributed by atoms with Crippen molar-refractivity contribution < 1.29 is 14.9 Å². The lowest BCUT2D eigenvalue weighted by Crippen LogP contribution is -2.40. The molecule has 0 aliphatic carbocycles. The molecule has 1 unspecified atom stereocenters. The van der Waals surface area contributed by atoms with Crippen LogP contribution < -0.4 is 4.74 Å². The first-order valence-electron chi connectivity index (χ1n) is 6.71. The van der Waals surface area contributed by atoms with Crippen molar-refractivity contribution in [1.82, 2.24) is 4.90 Å². The van der Waals surface area contributed by atoms with E-state index in [0.29, 0.717) is 22.3 Å². The lowest BCUT2D eigenvalue weighted by atomic mass is 10.2. The number of para-hydroxylation sites is 1. The van der Waals surface area contributed by atoms with E-state index in [1.54, 1.807) is 18.2 Å². The lowest BCUT2D eigenvalue weighted by Gasteiger charge is -2.25. The molecule has 1 saturated heterocycles. The fourth-order valence-electron chi connectivity index (χ4n) is 2.47. The molecule has 1 heterocycles. The van der Waals surface area contributed by atoms with Gasteiger partial charge in [-0.25, -0.2) is 0 Å². The van der Waals surface area contributed by atoms with Gasteiger partial charge in [-0.1, -0.05) is 29.3 Å². The van der Waals surface area contributed by atoms with Crippen LogP contribution in [-0.2, 0) is 0 Å². The van der Waals surface area contributed by atoms with E-state index in [1.807, 2.05) is 0 Å². The second kappa shape index (κ2) is 7.48. The van der Waals surface area contributed by atoms with Gasteiger partial charge in [-0.2, -0.15) is 0 Å². The summed E-state index contributed by atoms with van der Waals surface area (Å²) in [6.45, 7) is 1.63. The van der Waals surface area contributed by atoms with E-state index in [0.717, 1.165) is 19.4 Å². The summed E-state index contributed by atoms with van der Waals surface area (Å²) in [7, 11) is 0. The van der Waals surface area contributed by atoms with Gasteiger partial charge in [-0.05, 0) is 31.5 Å². The van der Waals surface area contributed by atoms with E-state index in [2.05, 4.69) is 4.90 Å². The Morgan fingerprint density at radius 2 is 2.05 bits per heavy atom. The van der Waals surface area contributed by atoms with Crippen LogP contribution in [0.3, 0.4) is 0 Å². The van der Waals surface area contributed by atoms with Crippen LogP contribution in [0.5, 0.6) is 5.75 Å². The topological polar surface area (TPSA) is 52.9 Å². The summed E-state index contributed by atoms with van der Waals surface area (Å²) >= 11 is 12.0. The Balaban J connectivity index is 1.84. The molecular weight excluding hydrogens is 301 g/mol. The Bertz CT molecular complexity index is 424. The number of aliphatic hydroxyl groups excluding tert-OH is 2. The van der Waals surface area contributed by atoms with Gasteiger partial charge in [0.2, 0.25) is 0 Å². The molecule has 0 amide bonds. The zero-order valence-corrected chi connectivity index (χ0v) is 12.6. The zero-order chi connectivity index (χ0) is 14.5. The number of ether oxygens (including phenoxy) is 1. The van der Waals surface area contributed by atoms with Crippen LogP contribution in [0.1, 0.15) is 12.8 Å². The Morgan fingerprint density at radius 3 is 2.70 bits per heavy atom. The quantitative estimate of drug-likeness (QED) is 0.844. The van der Waals surface area contributed by atoms with Crippen molar-refractivity contribution >= 4 is 23.2 Å². The highest BCUT2D eigenvalue weighted by atomic mass is 35.5. The third-order valence-corrected chi connectivity index (χ3v) is 4.09. The standard InChI is InChI=1S/C14H19Cl2NO3/c15-12-4-1-5-13(16)14(12)20-9-11(19)7-17-6-2-3-10(17)8-18/h1,4-5,10-11,18-19H,2-3,6-9H2/t10-,11?/m1/s1. The SMILES string of the molecule is OC[C@H]1CCCN1CC(O)COc1c(Cl)cccc1Cl. The van der Waals surface area contributed by atoms with Crippen LogP contribution in [-0.4, -0.2) is 53.6 Å². The first-order chi connectivity index (χ1) is 9.61. The van der Waals surface area contributed by atoms with Gasteiger partial charge in [-0.15, -0.1) is 0 Å². The van der Waals surface area contributed by atoms with E-state index < -0.39 is 6.10 Å². The van der Waals surface area contributed by atoms with Crippen LogP contribution >= 0.6 is 23.2 Å². The number of rotatable bonds is 6. The Morgan fingerprint density at radius 1 is 1.35 bits per heavy atom. The Labute approximate surface area is 128 Å². The number of hydrogen-bond donors (Lipinski definition) is 2. The van der Waals surface area contributed by atoms with Crippen LogP contribution in [0.2, 0.25) is 10.0 Å². The lowest BCUT2D eigenvalue weighted by molar-refractivity contribution is 0.0533. The molecule has 1 aliphatic rings.